The van der Waals surface area contributed by atoms with Crippen molar-refractivity contribution >= 4 is 0 Å². The number of hydrogen-bond donors (Lipinski definition) is 1. The number of aliphatic hydroxyl groups is 1. The quantitative estimate of drug-likeness (QED) is 0.716. The SMILES string of the molecule is Cc1cccc(C[C@H](C)O)c1F. The van der Waals surface area contributed by atoms with Gasteiger partial charge in [-0.15, -0.1) is 0 Å². The molecule has 1 nitrogen and oxygen atoms in total. The van der Waals surface area contributed by atoms with Crippen molar-refractivity contribution < 1.29 is 9.50 Å². The van der Waals surface area contributed by atoms with Crippen LogP contribution in [0.5, 0.6) is 0 Å². The first-order chi connectivity index (χ1) is 5.61. The van der Waals surface area contributed by atoms with E-state index in [1.54, 1.807) is 32.0 Å². The Bertz CT molecular complexity index is 269. The Kier molecular flexibility index (Phi) is 2.82. The number of halogens is 1. The lowest BCUT2D eigenvalue weighted by Gasteiger charge is -2.06. The minimum Gasteiger partial charge on any atom is -0.393 e. The zero-order valence-corrected chi connectivity index (χ0v) is 7.34. The molecule has 1 aromatic rings. The van der Waals surface area contributed by atoms with Gasteiger partial charge in [-0.1, -0.05) is 18.2 Å². The molecule has 2 heteroatoms. The summed E-state index contributed by atoms with van der Waals surface area (Å²) in [6.07, 6.45) is -0.102. The molecule has 0 radical (unpaired) electrons. The van der Waals surface area contributed by atoms with Crippen LogP contribution in [0.2, 0.25) is 0 Å². The second-order valence-electron chi connectivity index (χ2n) is 3.10. The molecule has 1 N–H and O–H groups in total. The Morgan fingerprint density at radius 1 is 1.50 bits per heavy atom. The number of aliphatic hydroxyl groups excluding tert-OH is 1. The molecule has 12 heavy (non-hydrogen) atoms. The van der Waals surface area contributed by atoms with Gasteiger partial charge in [0, 0.05) is 6.42 Å². The maximum Gasteiger partial charge on any atom is 0.129 e. The van der Waals surface area contributed by atoms with Crippen molar-refractivity contribution in [3.63, 3.8) is 0 Å². The lowest BCUT2D eigenvalue weighted by molar-refractivity contribution is 0.194. The molecule has 0 saturated carbocycles. The second kappa shape index (κ2) is 3.68. The smallest absolute Gasteiger partial charge is 0.129 e. The Hall–Kier alpha value is -0.890. The van der Waals surface area contributed by atoms with Gasteiger partial charge in [0.2, 0.25) is 0 Å². The van der Waals surface area contributed by atoms with E-state index in [9.17, 15) is 4.39 Å². The van der Waals surface area contributed by atoms with Crippen molar-refractivity contribution in [2.24, 2.45) is 0 Å². The number of hydrogen-bond acceptors (Lipinski definition) is 1. The van der Waals surface area contributed by atoms with Gasteiger partial charge >= 0.3 is 0 Å². The van der Waals surface area contributed by atoms with E-state index in [1.165, 1.54) is 0 Å². The van der Waals surface area contributed by atoms with E-state index < -0.39 is 6.10 Å². The predicted molar refractivity (Wildman–Crippen MR) is 46.5 cm³/mol. The van der Waals surface area contributed by atoms with Crippen molar-refractivity contribution in [2.75, 3.05) is 0 Å². The summed E-state index contributed by atoms with van der Waals surface area (Å²) in [4.78, 5) is 0. The van der Waals surface area contributed by atoms with E-state index >= 15 is 0 Å². The topological polar surface area (TPSA) is 20.2 Å². The highest BCUT2D eigenvalue weighted by Gasteiger charge is 2.06. The predicted octanol–water partition coefficient (Wildman–Crippen LogP) is 2.06. The molecule has 1 atom stereocenters. The summed E-state index contributed by atoms with van der Waals surface area (Å²) in [7, 11) is 0. The molecule has 0 heterocycles. The first-order valence-electron chi connectivity index (χ1n) is 4.03. The molecule has 1 rings (SSSR count). The number of benzene rings is 1. The average Bonchev–Trinajstić information content (AvgIpc) is 1.98. The fourth-order valence-electron chi connectivity index (χ4n) is 1.18. The minimum absolute atomic E-state index is 0.196. The first-order valence-corrected chi connectivity index (χ1v) is 4.03. The van der Waals surface area contributed by atoms with Crippen molar-refractivity contribution in [1.29, 1.82) is 0 Å². The molecule has 0 aliphatic carbocycles. The molecule has 0 saturated heterocycles. The zero-order chi connectivity index (χ0) is 9.14. The average molecular weight is 168 g/mol. The molecular formula is C10H13FO. The van der Waals surface area contributed by atoms with Gasteiger partial charge in [0.25, 0.3) is 0 Å². The summed E-state index contributed by atoms with van der Waals surface area (Å²) in [6.45, 7) is 3.38. The molecule has 0 amide bonds. The lowest BCUT2D eigenvalue weighted by Crippen LogP contribution is -2.06. The van der Waals surface area contributed by atoms with Crippen LogP contribution in [0.15, 0.2) is 18.2 Å². The highest BCUT2D eigenvalue weighted by molar-refractivity contribution is 5.25. The van der Waals surface area contributed by atoms with Gasteiger partial charge in [0.1, 0.15) is 5.82 Å². The van der Waals surface area contributed by atoms with Crippen LogP contribution in [-0.4, -0.2) is 11.2 Å². The van der Waals surface area contributed by atoms with E-state index in [0.29, 0.717) is 17.5 Å². The molecule has 0 spiro atoms. The summed E-state index contributed by atoms with van der Waals surface area (Å²) >= 11 is 0. The molecule has 0 aromatic heterocycles. The summed E-state index contributed by atoms with van der Waals surface area (Å²) in [5.41, 5.74) is 1.22. The van der Waals surface area contributed by atoms with E-state index in [4.69, 9.17) is 5.11 Å². The van der Waals surface area contributed by atoms with Gasteiger partial charge in [-0.25, -0.2) is 4.39 Å². The number of rotatable bonds is 2. The zero-order valence-electron chi connectivity index (χ0n) is 7.34. The normalized spacial score (nSPS) is 13.0. The van der Waals surface area contributed by atoms with Gasteiger partial charge in [-0.05, 0) is 25.0 Å². The monoisotopic (exact) mass is 168 g/mol. The minimum atomic E-state index is -0.485. The standard InChI is InChI=1S/C10H13FO/c1-7-4-3-5-9(10(7)11)6-8(2)12/h3-5,8,12H,6H2,1-2H3/t8-/m0/s1. The summed E-state index contributed by atoms with van der Waals surface area (Å²) in [6, 6.07) is 5.23. The Morgan fingerprint density at radius 2 is 2.17 bits per heavy atom. The molecular weight excluding hydrogens is 155 g/mol. The largest absolute Gasteiger partial charge is 0.393 e. The van der Waals surface area contributed by atoms with Crippen molar-refractivity contribution in [3.05, 3.63) is 35.1 Å². The van der Waals surface area contributed by atoms with E-state index in [0.717, 1.165) is 0 Å². The summed E-state index contributed by atoms with van der Waals surface area (Å²) in [5, 5.41) is 9.05. The first kappa shape index (κ1) is 9.20. The Morgan fingerprint density at radius 3 is 2.75 bits per heavy atom. The van der Waals surface area contributed by atoms with Crippen LogP contribution in [0.4, 0.5) is 4.39 Å². The third-order valence-electron chi connectivity index (χ3n) is 1.79. The third kappa shape index (κ3) is 2.05. The van der Waals surface area contributed by atoms with E-state index in [-0.39, 0.29) is 5.82 Å². The van der Waals surface area contributed by atoms with E-state index in [1.807, 2.05) is 0 Å². The second-order valence-corrected chi connectivity index (χ2v) is 3.10. The van der Waals surface area contributed by atoms with Gasteiger partial charge in [0.15, 0.2) is 0 Å². The van der Waals surface area contributed by atoms with Gasteiger partial charge in [-0.2, -0.15) is 0 Å². The lowest BCUT2D eigenvalue weighted by atomic mass is 10.1. The highest BCUT2D eigenvalue weighted by atomic mass is 19.1. The van der Waals surface area contributed by atoms with Crippen LogP contribution in [0, 0.1) is 12.7 Å². The van der Waals surface area contributed by atoms with Crippen LogP contribution < -0.4 is 0 Å². The van der Waals surface area contributed by atoms with Gasteiger partial charge in [0.05, 0.1) is 6.10 Å². The molecule has 0 aliphatic heterocycles. The third-order valence-corrected chi connectivity index (χ3v) is 1.79. The molecule has 0 aliphatic rings. The Labute approximate surface area is 71.9 Å². The molecule has 0 unspecified atom stereocenters. The highest BCUT2D eigenvalue weighted by Crippen LogP contribution is 2.13. The number of aryl methyl sites for hydroxylation is 1. The Balaban J connectivity index is 2.92. The van der Waals surface area contributed by atoms with Crippen molar-refractivity contribution in [2.45, 2.75) is 26.4 Å². The molecule has 1 aromatic carbocycles. The van der Waals surface area contributed by atoms with Crippen LogP contribution in [-0.2, 0) is 6.42 Å². The van der Waals surface area contributed by atoms with Crippen LogP contribution >= 0.6 is 0 Å². The fraction of sp³-hybridized carbons (Fsp3) is 0.400. The van der Waals surface area contributed by atoms with Crippen LogP contribution in [0.1, 0.15) is 18.1 Å². The van der Waals surface area contributed by atoms with Crippen molar-refractivity contribution in [1.82, 2.24) is 0 Å². The van der Waals surface area contributed by atoms with Gasteiger partial charge < -0.3 is 5.11 Å². The van der Waals surface area contributed by atoms with Crippen LogP contribution in [0.3, 0.4) is 0 Å². The molecule has 0 fully saturated rings. The van der Waals surface area contributed by atoms with Crippen LogP contribution in [0.25, 0.3) is 0 Å². The summed E-state index contributed by atoms with van der Waals surface area (Å²) < 4.78 is 13.3. The molecule has 0 bridgehead atoms. The van der Waals surface area contributed by atoms with E-state index in [2.05, 4.69) is 0 Å². The van der Waals surface area contributed by atoms with Crippen molar-refractivity contribution in [3.8, 4) is 0 Å². The molecule has 66 valence electrons. The fourth-order valence-corrected chi connectivity index (χ4v) is 1.18. The van der Waals surface area contributed by atoms with Gasteiger partial charge in [-0.3, -0.25) is 0 Å². The maximum absolute atomic E-state index is 13.3. The summed E-state index contributed by atoms with van der Waals surface area (Å²) in [5.74, 6) is -0.196. The maximum atomic E-state index is 13.3.